The molecule has 92 valence electrons. The molecule has 0 saturated carbocycles. The molecule has 0 aliphatic heterocycles. The van der Waals surface area contributed by atoms with E-state index in [0.29, 0.717) is 5.69 Å². The molecule has 1 heterocycles. The third-order valence-electron chi connectivity index (χ3n) is 2.74. The molecule has 4 nitrogen and oxygen atoms in total. The Balaban J connectivity index is 2.64. The SMILES string of the molecule is CCn1c(CS(C)(=O)=O)cc2ccc(N)cc21. The van der Waals surface area contributed by atoms with Crippen molar-refractivity contribution in [3.05, 3.63) is 30.0 Å². The van der Waals surface area contributed by atoms with Crippen molar-refractivity contribution >= 4 is 26.4 Å². The zero-order valence-corrected chi connectivity index (χ0v) is 10.8. The van der Waals surface area contributed by atoms with Gasteiger partial charge in [0.15, 0.2) is 9.84 Å². The highest BCUT2D eigenvalue weighted by molar-refractivity contribution is 7.89. The quantitative estimate of drug-likeness (QED) is 0.847. The van der Waals surface area contributed by atoms with Gasteiger partial charge >= 0.3 is 0 Å². The van der Waals surface area contributed by atoms with E-state index in [9.17, 15) is 8.42 Å². The van der Waals surface area contributed by atoms with E-state index in [-0.39, 0.29) is 5.75 Å². The Bertz CT molecular complexity index is 656. The van der Waals surface area contributed by atoms with Crippen LogP contribution in [-0.2, 0) is 22.1 Å². The van der Waals surface area contributed by atoms with Gasteiger partial charge in [0, 0.05) is 29.6 Å². The largest absolute Gasteiger partial charge is 0.399 e. The normalized spacial score (nSPS) is 12.1. The van der Waals surface area contributed by atoms with E-state index in [1.54, 1.807) is 0 Å². The van der Waals surface area contributed by atoms with Crippen molar-refractivity contribution in [3.8, 4) is 0 Å². The summed E-state index contributed by atoms with van der Waals surface area (Å²) < 4.78 is 24.7. The predicted molar refractivity (Wildman–Crippen MR) is 70.6 cm³/mol. The van der Waals surface area contributed by atoms with Gasteiger partial charge in [0.1, 0.15) is 0 Å². The minimum atomic E-state index is -3.02. The van der Waals surface area contributed by atoms with E-state index in [1.807, 2.05) is 35.8 Å². The molecule has 0 fully saturated rings. The van der Waals surface area contributed by atoms with E-state index in [4.69, 9.17) is 5.73 Å². The number of benzene rings is 1. The summed E-state index contributed by atoms with van der Waals surface area (Å²) in [7, 11) is -3.02. The van der Waals surface area contributed by atoms with Crippen LogP contribution in [0, 0.1) is 0 Å². The van der Waals surface area contributed by atoms with Gasteiger partial charge in [0.05, 0.1) is 11.3 Å². The maximum Gasteiger partial charge on any atom is 0.153 e. The van der Waals surface area contributed by atoms with E-state index < -0.39 is 9.84 Å². The number of nitrogens with two attached hydrogens (primary N) is 1. The van der Waals surface area contributed by atoms with Crippen LogP contribution in [0.25, 0.3) is 10.9 Å². The minimum absolute atomic E-state index is 0.0649. The summed E-state index contributed by atoms with van der Waals surface area (Å²) in [5.74, 6) is 0.0649. The molecule has 1 aromatic carbocycles. The fraction of sp³-hybridized carbons (Fsp3) is 0.333. The Morgan fingerprint density at radius 2 is 2.00 bits per heavy atom. The first-order chi connectivity index (χ1) is 7.90. The predicted octanol–water partition coefficient (Wildman–Crippen LogP) is 1.79. The zero-order chi connectivity index (χ0) is 12.6. The highest BCUT2D eigenvalue weighted by Gasteiger charge is 2.12. The molecule has 2 rings (SSSR count). The highest BCUT2D eigenvalue weighted by atomic mass is 32.2. The van der Waals surface area contributed by atoms with Crippen molar-refractivity contribution in [2.75, 3.05) is 12.0 Å². The lowest BCUT2D eigenvalue weighted by Crippen LogP contribution is -2.07. The van der Waals surface area contributed by atoms with Crippen LogP contribution in [0.2, 0.25) is 0 Å². The number of aromatic nitrogens is 1. The van der Waals surface area contributed by atoms with Gasteiger partial charge in [-0.25, -0.2) is 8.42 Å². The number of nitrogens with zero attached hydrogens (tertiary/aromatic N) is 1. The van der Waals surface area contributed by atoms with Gasteiger partial charge < -0.3 is 10.3 Å². The number of fused-ring (bicyclic) bond motifs is 1. The zero-order valence-electron chi connectivity index (χ0n) is 9.97. The summed E-state index contributed by atoms with van der Waals surface area (Å²) >= 11 is 0. The average Bonchev–Trinajstić information content (AvgIpc) is 2.51. The highest BCUT2D eigenvalue weighted by Crippen LogP contribution is 2.23. The average molecular weight is 252 g/mol. The van der Waals surface area contributed by atoms with Gasteiger partial charge in [-0.15, -0.1) is 0 Å². The van der Waals surface area contributed by atoms with Crippen molar-refractivity contribution < 1.29 is 8.42 Å². The van der Waals surface area contributed by atoms with Gasteiger partial charge in [-0.1, -0.05) is 6.07 Å². The lowest BCUT2D eigenvalue weighted by Gasteiger charge is -2.07. The van der Waals surface area contributed by atoms with Crippen LogP contribution in [0.4, 0.5) is 5.69 Å². The lowest BCUT2D eigenvalue weighted by atomic mass is 10.2. The molecule has 0 bridgehead atoms. The molecular weight excluding hydrogens is 236 g/mol. The van der Waals surface area contributed by atoms with Crippen LogP contribution in [0.1, 0.15) is 12.6 Å². The van der Waals surface area contributed by atoms with Crippen LogP contribution in [0.3, 0.4) is 0 Å². The van der Waals surface area contributed by atoms with E-state index in [0.717, 1.165) is 23.1 Å². The van der Waals surface area contributed by atoms with Crippen molar-refractivity contribution in [1.82, 2.24) is 4.57 Å². The maximum absolute atomic E-state index is 11.4. The van der Waals surface area contributed by atoms with Gasteiger partial charge in [0.25, 0.3) is 0 Å². The standard InChI is InChI=1S/C12H16N2O2S/c1-3-14-11(8-17(2,15)16)6-9-4-5-10(13)7-12(9)14/h4-7H,3,8,13H2,1-2H3. The molecule has 0 unspecified atom stereocenters. The first kappa shape index (κ1) is 12.0. The molecular formula is C12H16N2O2S. The van der Waals surface area contributed by atoms with Crippen molar-refractivity contribution in [3.63, 3.8) is 0 Å². The third-order valence-corrected chi connectivity index (χ3v) is 3.56. The Morgan fingerprint density at radius 3 is 2.59 bits per heavy atom. The van der Waals surface area contributed by atoms with E-state index in [1.165, 1.54) is 6.26 Å². The number of aryl methyl sites for hydroxylation is 1. The van der Waals surface area contributed by atoms with Crippen LogP contribution in [0.15, 0.2) is 24.3 Å². The molecule has 0 aliphatic carbocycles. The molecule has 0 radical (unpaired) electrons. The number of anilines is 1. The molecule has 0 atom stereocenters. The molecule has 0 amide bonds. The number of sulfone groups is 1. The topological polar surface area (TPSA) is 65.1 Å². The summed E-state index contributed by atoms with van der Waals surface area (Å²) in [6.07, 6.45) is 1.25. The first-order valence-electron chi connectivity index (χ1n) is 5.46. The summed E-state index contributed by atoms with van der Waals surface area (Å²) in [6.45, 7) is 2.73. The molecule has 0 aliphatic rings. The monoisotopic (exact) mass is 252 g/mol. The Morgan fingerprint density at radius 1 is 1.29 bits per heavy atom. The van der Waals surface area contributed by atoms with Crippen molar-refractivity contribution in [1.29, 1.82) is 0 Å². The number of nitrogen functional groups attached to an aromatic ring is 1. The summed E-state index contributed by atoms with van der Waals surface area (Å²) in [5, 5.41) is 1.03. The molecule has 0 spiro atoms. The summed E-state index contributed by atoms with van der Waals surface area (Å²) in [5.41, 5.74) is 8.25. The molecule has 2 aromatic rings. The van der Waals surface area contributed by atoms with Crippen LogP contribution < -0.4 is 5.73 Å². The van der Waals surface area contributed by atoms with Crippen LogP contribution in [0.5, 0.6) is 0 Å². The van der Waals surface area contributed by atoms with Gasteiger partial charge in [-0.3, -0.25) is 0 Å². The van der Waals surface area contributed by atoms with Gasteiger partial charge in [-0.05, 0) is 25.1 Å². The van der Waals surface area contributed by atoms with Gasteiger partial charge in [-0.2, -0.15) is 0 Å². The molecule has 17 heavy (non-hydrogen) atoms. The summed E-state index contributed by atoms with van der Waals surface area (Å²) in [4.78, 5) is 0. The Kier molecular flexibility index (Phi) is 2.87. The molecule has 0 saturated heterocycles. The molecule has 5 heteroatoms. The second-order valence-electron chi connectivity index (χ2n) is 4.27. The molecule has 2 N–H and O–H groups in total. The first-order valence-corrected chi connectivity index (χ1v) is 7.52. The summed E-state index contributed by atoms with van der Waals surface area (Å²) in [6, 6.07) is 7.54. The van der Waals surface area contributed by atoms with Crippen molar-refractivity contribution in [2.24, 2.45) is 0 Å². The third kappa shape index (κ3) is 2.44. The Hall–Kier alpha value is -1.49. The Labute approximate surface area is 101 Å². The van der Waals surface area contributed by atoms with Crippen LogP contribution >= 0.6 is 0 Å². The number of hydrogen-bond acceptors (Lipinski definition) is 3. The maximum atomic E-state index is 11.4. The van der Waals surface area contributed by atoms with Crippen LogP contribution in [-0.4, -0.2) is 19.2 Å². The van der Waals surface area contributed by atoms with E-state index in [2.05, 4.69) is 0 Å². The number of hydrogen-bond donors (Lipinski definition) is 1. The van der Waals surface area contributed by atoms with Crippen molar-refractivity contribution in [2.45, 2.75) is 19.2 Å². The fourth-order valence-corrected chi connectivity index (χ4v) is 2.87. The number of rotatable bonds is 3. The second-order valence-corrected chi connectivity index (χ2v) is 6.41. The molecule has 1 aromatic heterocycles. The fourth-order valence-electron chi connectivity index (χ4n) is 2.09. The van der Waals surface area contributed by atoms with Gasteiger partial charge in [0.2, 0.25) is 0 Å². The minimum Gasteiger partial charge on any atom is -0.399 e. The second kappa shape index (κ2) is 4.07. The smallest absolute Gasteiger partial charge is 0.153 e. The lowest BCUT2D eigenvalue weighted by molar-refractivity contribution is 0.598. The van der Waals surface area contributed by atoms with E-state index >= 15 is 0 Å².